The normalized spacial score (nSPS) is 13.7. The summed E-state index contributed by atoms with van der Waals surface area (Å²) in [7, 11) is -2.47. The van der Waals surface area contributed by atoms with Crippen LogP contribution in [0.25, 0.3) is 0 Å². The van der Waals surface area contributed by atoms with Crippen LogP contribution in [-0.2, 0) is 27.7 Å². The smallest absolute Gasteiger partial charge is 0.264 e. The van der Waals surface area contributed by atoms with E-state index >= 15 is 0 Å². The Bertz CT molecular complexity index is 1290. The van der Waals surface area contributed by atoms with Crippen molar-refractivity contribution in [1.29, 1.82) is 0 Å². The number of rotatable bonds is 8. The van der Waals surface area contributed by atoms with Crippen molar-refractivity contribution in [2.24, 2.45) is 0 Å². The van der Waals surface area contributed by atoms with E-state index in [0.29, 0.717) is 11.4 Å². The fourth-order valence-corrected chi connectivity index (χ4v) is 5.69. The Kier molecular flexibility index (Phi) is 6.93. The first-order valence-corrected chi connectivity index (χ1v) is 12.9. The van der Waals surface area contributed by atoms with E-state index in [1.54, 1.807) is 48.5 Å². The monoisotopic (exact) mass is 478 g/mol. The zero-order valence-corrected chi connectivity index (χ0v) is 20.6. The maximum absolute atomic E-state index is 13.6. The van der Waals surface area contributed by atoms with Gasteiger partial charge in [0.2, 0.25) is 5.91 Å². The summed E-state index contributed by atoms with van der Waals surface area (Å²) in [6, 6.07) is 19.4. The van der Waals surface area contributed by atoms with Crippen molar-refractivity contribution in [3.63, 3.8) is 0 Å². The minimum Gasteiger partial charge on any atom is -0.497 e. The molecule has 0 saturated heterocycles. The largest absolute Gasteiger partial charge is 0.497 e. The summed E-state index contributed by atoms with van der Waals surface area (Å²) >= 11 is 0. The average Bonchev–Trinajstić information content (AvgIpc) is 3.30. The van der Waals surface area contributed by atoms with Crippen LogP contribution < -0.4 is 14.4 Å². The molecule has 4 rings (SSSR count). The van der Waals surface area contributed by atoms with Gasteiger partial charge in [-0.15, -0.1) is 0 Å². The van der Waals surface area contributed by atoms with Gasteiger partial charge in [0.15, 0.2) is 0 Å². The molecular formula is C27H30N2O4S. The number of benzene rings is 3. The summed E-state index contributed by atoms with van der Waals surface area (Å²) in [5.74, 6) is 0.125. The van der Waals surface area contributed by atoms with Crippen molar-refractivity contribution in [1.82, 2.24) is 5.32 Å². The van der Waals surface area contributed by atoms with Crippen molar-refractivity contribution in [3.8, 4) is 5.75 Å². The Morgan fingerprint density at radius 3 is 2.50 bits per heavy atom. The fourth-order valence-electron chi connectivity index (χ4n) is 4.28. The molecule has 1 aliphatic rings. The highest BCUT2D eigenvalue weighted by Crippen LogP contribution is 2.28. The lowest BCUT2D eigenvalue weighted by atomic mass is 10.0. The number of carbonyl (C=O) groups is 1. The molecule has 0 fully saturated rings. The SMILES string of the molecule is COc1cccc(N(CC(=O)N[C@@H](C)c2ccc3c(c2)CCC3)S(=O)(=O)c2ccc(C)cc2)c1. The standard InChI is InChI=1S/C27H30N2O4S/c1-19-10-14-26(15-11-19)34(31,32)29(24-8-5-9-25(17-24)33-3)18-27(30)28-20(2)22-13-12-21-6-4-7-23(21)16-22/h5,8-17,20H,4,6-7,18H2,1-3H3,(H,28,30)/t20-/m0/s1. The van der Waals surface area contributed by atoms with Crippen molar-refractivity contribution in [2.45, 2.75) is 44.0 Å². The van der Waals surface area contributed by atoms with E-state index in [-0.39, 0.29) is 23.4 Å². The van der Waals surface area contributed by atoms with Gasteiger partial charge in [-0.05, 0) is 74.1 Å². The van der Waals surface area contributed by atoms with E-state index < -0.39 is 10.0 Å². The Hall–Kier alpha value is -3.32. The number of methoxy groups -OCH3 is 1. The van der Waals surface area contributed by atoms with Crippen molar-refractivity contribution in [3.05, 3.63) is 89.0 Å². The number of nitrogens with zero attached hydrogens (tertiary/aromatic N) is 1. The molecule has 1 atom stereocenters. The van der Waals surface area contributed by atoms with Crippen LogP contribution in [0.3, 0.4) is 0 Å². The number of aryl methyl sites for hydroxylation is 3. The minimum absolute atomic E-state index is 0.125. The second kappa shape index (κ2) is 9.89. The summed E-state index contributed by atoms with van der Waals surface area (Å²) in [5, 5.41) is 2.97. The van der Waals surface area contributed by atoms with Crippen molar-refractivity contribution < 1.29 is 17.9 Å². The maximum atomic E-state index is 13.6. The van der Waals surface area contributed by atoms with Crippen molar-refractivity contribution >= 4 is 21.6 Å². The average molecular weight is 479 g/mol. The number of sulfonamides is 1. The van der Waals surface area contributed by atoms with Gasteiger partial charge in [-0.3, -0.25) is 9.10 Å². The summed E-state index contributed by atoms with van der Waals surface area (Å²) in [4.78, 5) is 13.2. The van der Waals surface area contributed by atoms with E-state index in [2.05, 4.69) is 17.4 Å². The zero-order chi connectivity index (χ0) is 24.3. The Morgan fingerprint density at radius 1 is 1.03 bits per heavy atom. The van der Waals surface area contributed by atoms with Crippen LogP contribution >= 0.6 is 0 Å². The lowest BCUT2D eigenvalue weighted by molar-refractivity contribution is -0.120. The fraction of sp³-hybridized carbons (Fsp3) is 0.296. The van der Waals surface area contributed by atoms with Gasteiger partial charge in [-0.2, -0.15) is 0 Å². The third kappa shape index (κ3) is 5.09. The molecule has 34 heavy (non-hydrogen) atoms. The number of ether oxygens (including phenoxy) is 1. The lowest BCUT2D eigenvalue weighted by Gasteiger charge is -2.25. The summed E-state index contributed by atoms with van der Waals surface area (Å²) < 4.78 is 33.5. The molecule has 6 nitrogen and oxygen atoms in total. The number of carbonyl (C=O) groups excluding carboxylic acids is 1. The third-order valence-corrected chi connectivity index (χ3v) is 8.03. The molecule has 7 heteroatoms. The quantitative estimate of drug-likeness (QED) is 0.515. The van der Waals surface area contributed by atoms with Crippen LogP contribution in [0, 0.1) is 6.92 Å². The number of anilines is 1. The van der Waals surface area contributed by atoms with E-state index in [4.69, 9.17) is 4.74 Å². The van der Waals surface area contributed by atoms with Gasteiger partial charge in [0, 0.05) is 6.07 Å². The number of nitrogens with one attached hydrogen (secondary N) is 1. The van der Waals surface area contributed by atoms with Crippen LogP contribution in [0.4, 0.5) is 5.69 Å². The molecule has 0 aromatic heterocycles. The van der Waals surface area contributed by atoms with Gasteiger partial charge < -0.3 is 10.1 Å². The van der Waals surface area contributed by atoms with Gasteiger partial charge in [0.25, 0.3) is 10.0 Å². The summed E-state index contributed by atoms with van der Waals surface area (Å²) in [5.41, 5.74) is 5.03. The molecule has 3 aromatic carbocycles. The van der Waals surface area contributed by atoms with Gasteiger partial charge in [0.1, 0.15) is 12.3 Å². The predicted octanol–water partition coefficient (Wildman–Crippen LogP) is 4.57. The van der Waals surface area contributed by atoms with Crippen molar-refractivity contribution in [2.75, 3.05) is 18.0 Å². The third-order valence-electron chi connectivity index (χ3n) is 6.24. The van der Waals surface area contributed by atoms with Crippen LogP contribution in [0.1, 0.15) is 41.6 Å². The lowest BCUT2D eigenvalue weighted by Crippen LogP contribution is -2.41. The van der Waals surface area contributed by atoms with Gasteiger partial charge >= 0.3 is 0 Å². The predicted molar refractivity (Wildman–Crippen MR) is 134 cm³/mol. The molecule has 1 N–H and O–H groups in total. The van der Waals surface area contributed by atoms with Crippen LogP contribution in [-0.4, -0.2) is 28.0 Å². The van der Waals surface area contributed by atoms with Gasteiger partial charge in [-0.1, -0.05) is 42.0 Å². The molecular weight excluding hydrogens is 448 g/mol. The molecule has 1 amide bonds. The highest BCUT2D eigenvalue weighted by Gasteiger charge is 2.28. The number of hydrogen-bond donors (Lipinski definition) is 1. The molecule has 0 spiro atoms. The van der Waals surface area contributed by atoms with Crippen LogP contribution in [0.15, 0.2) is 71.6 Å². The highest BCUT2D eigenvalue weighted by molar-refractivity contribution is 7.92. The topological polar surface area (TPSA) is 75.7 Å². The molecule has 3 aromatic rings. The Morgan fingerprint density at radius 2 is 1.76 bits per heavy atom. The molecule has 0 unspecified atom stereocenters. The van der Waals surface area contributed by atoms with Gasteiger partial charge in [0.05, 0.1) is 23.7 Å². The molecule has 1 aliphatic carbocycles. The second-order valence-corrected chi connectivity index (χ2v) is 10.6. The van der Waals surface area contributed by atoms with Gasteiger partial charge in [-0.25, -0.2) is 8.42 Å². The Labute approximate surface area is 201 Å². The van der Waals surface area contributed by atoms with E-state index in [9.17, 15) is 13.2 Å². The zero-order valence-electron chi connectivity index (χ0n) is 19.7. The van der Waals surface area contributed by atoms with Crippen LogP contribution in [0.5, 0.6) is 5.75 Å². The first kappa shape index (κ1) is 23.8. The first-order valence-electron chi connectivity index (χ1n) is 11.4. The molecule has 178 valence electrons. The summed E-state index contributed by atoms with van der Waals surface area (Å²) in [6.07, 6.45) is 3.32. The number of fused-ring (bicyclic) bond motifs is 1. The molecule has 0 saturated carbocycles. The molecule has 0 radical (unpaired) electrons. The summed E-state index contributed by atoms with van der Waals surface area (Å²) in [6.45, 7) is 3.46. The molecule has 0 heterocycles. The molecule has 0 aliphatic heterocycles. The minimum atomic E-state index is -3.98. The number of hydrogen-bond acceptors (Lipinski definition) is 4. The van der Waals surface area contributed by atoms with E-state index in [0.717, 1.165) is 34.7 Å². The number of amides is 1. The first-order chi connectivity index (χ1) is 16.3. The van der Waals surface area contributed by atoms with E-state index in [1.165, 1.54) is 18.2 Å². The van der Waals surface area contributed by atoms with Crippen LogP contribution in [0.2, 0.25) is 0 Å². The maximum Gasteiger partial charge on any atom is 0.264 e. The molecule has 0 bridgehead atoms. The van der Waals surface area contributed by atoms with E-state index in [1.807, 2.05) is 19.9 Å². The second-order valence-electron chi connectivity index (χ2n) is 8.70. The highest BCUT2D eigenvalue weighted by atomic mass is 32.2. The Balaban J connectivity index is 1.59.